The Bertz CT molecular complexity index is 1140. The fraction of sp³-hybridized carbons (Fsp3) is 0.421. The average molecular weight is 404 g/mol. The smallest absolute Gasteiger partial charge is 0.332 e. The molecule has 9 heteroatoms. The van der Waals surface area contributed by atoms with Crippen molar-refractivity contribution in [2.24, 2.45) is 14.1 Å². The van der Waals surface area contributed by atoms with Gasteiger partial charge in [-0.15, -0.1) is 0 Å². The van der Waals surface area contributed by atoms with E-state index in [0.29, 0.717) is 35.2 Å². The zero-order chi connectivity index (χ0) is 19.8. The summed E-state index contributed by atoms with van der Waals surface area (Å²) in [5.74, 6) is 0.517. The lowest BCUT2D eigenvalue weighted by Crippen LogP contribution is -2.37. The first-order valence-electron chi connectivity index (χ1n) is 9.22. The predicted molar refractivity (Wildman–Crippen MR) is 108 cm³/mol. The van der Waals surface area contributed by atoms with Crippen LogP contribution in [-0.4, -0.2) is 37.9 Å². The topological polar surface area (TPSA) is 83.1 Å². The minimum absolute atomic E-state index is 0.111. The molecule has 0 amide bonds. The van der Waals surface area contributed by atoms with E-state index in [-0.39, 0.29) is 11.7 Å². The lowest BCUT2D eigenvalue weighted by Gasteiger charge is -2.14. The summed E-state index contributed by atoms with van der Waals surface area (Å²) in [7, 11) is 3.08. The molecule has 0 aliphatic carbocycles. The van der Waals surface area contributed by atoms with Crippen molar-refractivity contribution in [2.75, 3.05) is 18.5 Å². The van der Waals surface area contributed by atoms with E-state index >= 15 is 0 Å². The van der Waals surface area contributed by atoms with E-state index in [1.54, 1.807) is 11.6 Å². The molecule has 1 aliphatic rings. The predicted octanol–water partition coefficient (Wildman–Crippen LogP) is 1.73. The van der Waals surface area contributed by atoms with Gasteiger partial charge in [0, 0.05) is 32.3 Å². The maximum Gasteiger partial charge on any atom is 0.332 e. The molecular formula is C19H22ClN5O3. The number of halogens is 1. The second-order valence-corrected chi connectivity index (χ2v) is 7.41. The standard InChI is InChI=1S/C19H22ClN5O3/c1-23-16-15(17(26)24(2)19(23)27)25(11-12-6-3-4-8-14(12)20)18(22-16)21-10-13-7-5-9-28-13/h3-4,6,8,13H,5,7,9-11H2,1-2H3,(H,21,22)/t13-/m0/s1. The number of benzene rings is 1. The van der Waals surface area contributed by atoms with E-state index < -0.39 is 5.69 Å². The van der Waals surface area contributed by atoms with Crippen molar-refractivity contribution in [1.29, 1.82) is 0 Å². The van der Waals surface area contributed by atoms with E-state index in [1.165, 1.54) is 11.6 Å². The highest BCUT2D eigenvalue weighted by Gasteiger charge is 2.21. The molecule has 4 rings (SSSR count). The summed E-state index contributed by atoms with van der Waals surface area (Å²) >= 11 is 6.34. The fourth-order valence-electron chi connectivity index (χ4n) is 3.54. The van der Waals surface area contributed by atoms with Crippen LogP contribution in [0.4, 0.5) is 5.95 Å². The molecule has 8 nitrogen and oxygen atoms in total. The molecule has 0 radical (unpaired) electrons. The van der Waals surface area contributed by atoms with Gasteiger partial charge in [-0.05, 0) is 24.5 Å². The Balaban J connectivity index is 1.85. The molecule has 0 saturated carbocycles. The fourth-order valence-corrected chi connectivity index (χ4v) is 3.74. The highest BCUT2D eigenvalue weighted by molar-refractivity contribution is 6.31. The van der Waals surface area contributed by atoms with Crippen molar-refractivity contribution in [3.8, 4) is 0 Å². The molecule has 148 valence electrons. The summed E-state index contributed by atoms with van der Waals surface area (Å²) < 4.78 is 9.94. The molecule has 2 aromatic heterocycles. The molecular weight excluding hydrogens is 382 g/mol. The Kier molecular flexibility index (Phi) is 4.99. The first-order valence-corrected chi connectivity index (χ1v) is 9.60. The van der Waals surface area contributed by atoms with Crippen LogP contribution in [0, 0.1) is 0 Å². The van der Waals surface area contributed by atoms with Gasteiger partial charge in [-0.3, -0.25) is 18.5 Å². The Morgan fingerprint density at radius 2 is 2.04 bits per heavy atom. The summed E-state index contributed by atoms with van der Waals surface area (Å²) in [5.41, 5.74) is 0.766. The lowest BCUT2D eigenvalue weighted by molar-refractivity contribution is 0.120. The Morgan fingerprint density at radius 1 is 1.25 bits per heavy atom. The molecule has 3 heterocycles. The minimum Gasteiger partial charge on any atom is -0.376 e. The van der Waals surface area contributed by atoms with Gasteiger partial charge in [-0.2, -0.15) is 4.98 Å². The number of anilines is 1. The van der Waals surface area contributed by atoms with Gasteiger partial charge in [0.05, 0.1) is 12.6 Å². The zero-order valence-corrected chi connectivity index (χ0v) is 16.6. The van der Waals surface area contributed by atoms with Crippen molar-refractivity contribution in [2.45, 2.75) is 25.5 Å². The van der Waals surface area contributed by atoms with Gasteiger partial charge in [0.1, 0.15) is 0 Å². The SMILES string of the molecule is Cn1c(=O)c2c(nc(NC[C@@H]3CCCO3)n2Cc2ccccc2Cl)n(C)c1=O. The third-order valence-electron chi connectivity index (χ3n) is 5.15. The molecule has 3 aromatic rings. The average Bonchev–Trinajstić information content (AvgIpc) is 3.33. The van der Waals surface area contributed by atoms with Crippen molar-refractivity contribution in [3.63, 3.8) is 0 Å². The van der Waals surface area contributed by atoms with Gasteiger partial charge in [-0.1, -0.05) is 29.8 Å². The first kappa shape index (κ1) is 18.8. The summed E-state index contributed by atoms with van der Waals surface area (Å²) in [6.07, 6.45) is 2.13. The molecule has 1 aliphatic heterocycles. The summed E-state index contributed by atoms with van der Waals surface area (Å²) in [6.45, 7) is 1.70. The molecule has 28 heavy (non-hydrogen) atoms. The van der Waals surface area contributed by atoms with Gasteiger partial charge < -0.3 is 10.1 Å². The van der Waals surface area contributed by atoms with Crippen LogP contribution >= 0.6 is 11.6 Å². The molecule has 0 bridgehead atoms. The van der Waals surface area contributed by atoms with Gasteiger partial charge in [-0.25, -0.2) is 4.79 Å². The number of nitrogens with zero attached hydrogens (tertiary/aromatic N) is 4. The Hall–Kier alpha value is -2.58. The van der Waals surface area contributed by atoms with Crippen LogP contribution in [0.3, 0.4) is 0 Å². The maximum absolute atomic E-state index is 12.9. The number of aryl methyl sites for hydroxylation is 1. The molecule has 0 unspecified atom stereocenters. The second kappa shape index (κ2) is 7.44. The molecule has 0 spiro atoms. The van der Waals surface area contributed by atoms with Gasteiger partial charge in [0.2, 0.25) is 5.95 Å². The van der Waals surface area contributed by atoms with E-state index in [0.717, 1.165) is 29.6 Å². The van der Waals surface area contributed by atoms with Crippen LogP contribution in [-0.2, 0) is 25.4 Å². The van der Waals surface area contributed by atoms with E-state index in [4.69, 9.17) is 16.3 Å². The summed E-state index contributed by atoms with van der Waals surface area (Å²) in [4.78, 5) is 29.8. The normalized spacial score (nSPS) is 16.8. The highest BCUT2D eigenvalue weighted by atomic mass is 35.5. The number of fused-ring (bicyclic) bond motifs is 1. The van der Waals surface area contributed by atoms with E-state index in [1.807, 2.05) is 24.3 Å². The van der Waals surface area contributed by atoms with Crippen molar-refractivity contribution in [3.05, 3.63) is 55.7 Å². The van der Waals surface area contributed by atoms with Gasteiger partial charge in [0.25, 0.3) is 5.56 Å². The van der Waals surface area contributed by atoms with Crippen LogP contribution in [0.1, 0.15) is 18.4 Å². The van der Waals surface area contributed by atoms with Crippen molar-refractivity contribution < 1.29 is 4.74 Å². The molecule has 1 N–H and O–H groups in total. The number of imidazole rings is 1. The van der Waals surface area contributed by atoms with Crippen LogP contribution in [0.5, 0.6) is 0 Å². The lowest BCUT2D eigenvalue weighted by atomic mass is 10.2. The number of ether oxygens (including phenoxy) is 1. The van der Waals surface area contributed by atoms with Crippen LogP contribution < -0.4 is 16.6 Å². The maximum atomic E-state index is 12.9. The number of hydrogen-bond acceptors (Lipinski definition) is 5. The minimum atomic E-state index is -0.412. The highest BCUT2D eigenvalue weighted by Crippen LogP contribution is 2.22. The number of aromatic nitrogens is 4. The molecule has 1 saturated heterocycles. The first-order chi connectivity index (χ1) is 13.5. The van der Waals surface area contributed by atoms with E-state index in [9.17, 15) is 9.59 Å². The quantitative estimate of drug-likeness (QED) is 0.701. The summed E-state index contributed by atoms with van der Waals surface area (Å²) in [5, 5.41) is 3.91. The number of nitrogens with one attached hydrogen (secondary N) is 1. The Morgan fingerprint density at radius 3 is 2.75 bits per heavy atom. The monoisotopic (exact) mass is 403 g/mol. The van der Waals surface area contributed by atoms with Crippen LogP contribution in [0.25, 0.3) is 11.2 Å². The zero-order valence-electron chi connectivity index (χ0n) is 15.8. The number of rotatable bonds is 5. The summed E-state index contributed by atoms with van der Waals surface area (Å²) in [6, 6.07) is 7.47. The van der Waals surface area contributed by atoms with Crippen LogP contribution in [0.15, 0.2) is 33.9 Å². The van der Waals surface area contributed by atoms with Crippen LogP contribution in [0.2, 0.25) is 5.02 Å². The third kappa shape index (κ3) is 3.22. The number of hydrogen-bond donors (Lipinski definition) is 1. The van der Waals surface area contributed by atoms with E-state index in [2.05, 4.69) is 10.3 Å². The molecule has 1 atom stereocenters. The van der Waals surface area contributed by atoms with Crippen molar-refractivity contribution >= 4 is 28.7 Å². The van der Waals surface area contributed by atoms with Gasteiger partial charge in [0.15, 0.2) is 11.2 Å². The molecule has 1 fully saturated rings. The second-order valence-electron chi connectivity index (χ2n) is 7.01. The van der Waals surface area contributed by atoms with Crippen molar-refractivity contribution in [1.82, 2.24) is 18.7 Å². The molecule has 1 aromatic carbocycles. The Labute approximate surface area is 166 Å². The third-order valence-corrected chi connectivity index (χ3v) is 5.51. The van der Waals surface area contributed by atoms with Gasteiger partial charge >= 0.3 is 5.69 Å². The largest absolute Gasteiger partial charge is 0.376 e.